The van der Waals surface area contributed by atoms with Crippen LogP contribution in [0.15, 0.2) is 0 Å². The third-order valence-electron chi connectivity index (χ3n) is 2.59. The molecule has 19 heavy (non-hydrogen) atoms. The van der Waals surface area contributed by atoms with E-state index in [4.69, 9.17) is 27.5 Å². The summed E-state index contributed by atoms with van der Waals surface area (Å²) in [5.74, 6) is 0. The van der Waals surface area contributed by atoms with Gasteiger partial charge in [-0.15, -0.1) is 0 Å². The van der Waals surface area contributed by atoms with Gasteiger partial charge < -0.3 is 27.5 Å². The van der Waals surface area contributed by atoms with Crippen LogP contribution in [0.4, 0.5) is 0 Å². The van der Waals surface area contributed by atoms with E-state index in [1.165, 1.54) is 0 Å². The van der Waals surface area contributed by atoms with Gasteiger partial charge in [0.25, 0.3) is 0 Å². The smallest absolute Gasteiger partial charge is 0.357 e. The Labute approximate surface area is 117 Å². The molecule has 0 radical (unpaired) electrons. The molecule has 0 rings (SSSR count). The van der Waals surface area contributed by atoms with Crippen molar-refractivity contribution in [3.05, 3.63) is 0 Å². The van der Waals surface area contributed by atoms with Gasteiger partial charge in [0.05, 0.1) is 0 Å². The van der Waals surface area contributed by atoms with Crippen molar-refractivity contribution in [2.45, 2.75) is 59.0 Å². The van der Waals surface area contributed by atoms with E-state index in [0.717, 1.165) is 6.42 Å². The summed E-state index contributed by atoms with van der Waals surface area (Å²) in [4.78, 5) is 0. The maximum Gasteiger partial charge on any atom is 0.506 e. The van der Waals surface area contributed by atoms with Crippen LogP contribution in [0.5, 0.6) is 0 Å². The third-order valence-corrected chi connectivity index (χ3v) is 5.77. The van der Waals surface area contributed by atoms with Crippen LogP contribution in [-0.2, 0) is 27.5 Å². The van der Waals surface area contributed by atoms with E-state index in [2.05, 4.69) is 0 Å². The summed E-state index contributed by atoms with van der Waals surface area (Å²) in [5.41, 5.74) is 0. The van der Waals surface area contributed by atoms with Gasteiger partial charge in [-0.3, -0.25) is 0 Å². The van der Waals surface area contributed by atoms with E-state index in [1.54, 1.807) is 42.1 Å². The zero-order chi connectivity index (χ0) is 14.9. The molecule has 0 saturated carbocycles. The van der Waals surface area contributed by atoms with Crippen molar-refractivity contribution >= 4 is 8.80 Å². The highest BCUT2D eigenvalue weighted by molar-refractivity contribution is 6.60. The Morgan fingerprint density at radius 2 is 1.05 bits per heavy atom. The predicted molar refractivity (Wildman–Crippen MR) is 73.5 cm³/mol. The van der Waals surface area contributed by atoms with Crippen LogP contribution >= 0.6 is 0 Å². The maximum atomic E-state index is 5.88. The fourth-order valence-corrected chi connectivity index (χ4v) is 4.41. The first-order valence-corrected chi connectivity index (χ1v) is 8.48. The molecule has 0 saturated heterocycles. The molecule has 0 aromatic heterocycles. The molecule has 0 aliphatic carbocycles. The second-order valence-electron chi connectivity index (χ2n) is 4.20. The molecule has 3 atom stereocenters. The SMILES string of the molecule is CCC[Si](OC(C)OC)(OC(C)OC)OC(C)OC. The molecule has 0 aliphatic heterocycles. The normalized spacial score (nSPS) is 19.7. The summed E-state index contributed by atoms with van der Waals surface area (Å²) in [6.07, 6.45) is -0.362. The van der Waals surface area contributed by atoms with Crippen LogP contribution in [0.2, 0.25) is 6.04 Å². The van der Waals surface area contributed by atoms with Gasteiger partial charge in [-0.1, -0.05) is 13.3 Å². The summed E-state index contributed by atoms with van der Waals surface area (Å²) >= 11 is 0. The average Bonchev–Trinajstić information content (AvgIpc) is 2.38. The van der Waals surface area contributed by atoms with Crippen molar-refractivity contribution in [3.8, 4) is 0 Å². The molecule has 3 unspecified atom stereocenters. The summed E-state index contributed by atoms with van der Waals surface area (Å²) in [5, 5.41) is 0. The minimum absolute atomic E-state index is 0.411. The molecule has 0 bridgehead atoms. The Hall–Kier alpha value is -0.0231. The first kappa shape index (κ1) is 19.0. The van der Waals surface area contributed by atoms with Crippen LogP contribution in [-0.4, -0.2) is 49.0 Å². The number of methoxy groups -OCH3 is 3. The van der Waals surface area contributed by atoms with Gasteiger partial charge >= 0.3 is 8.80 Å². The molecule has 7 heteroatoms. The van der Waals surface area contributed by atoms with Crippen molar-refractivity contribution in [3.63, 3.8) is 0 Å². The molecule has 0 spiro atoms. The quantitative estimate of drug-likeness (QED) is 0.431. The fourth-order valence-electron chi connectivity index (χ4n) is 1.47. The van der Waals surface area contributed by atoms with E-state index in [9.17, 15) is 0 Å². The number of hydrogen-bond acceptors (Lipinski definition) is 6. The molecule has 0 aromatic carbocycles. The standard InChI is InChI=1S/C12H28O6Si/c1-8-9-19(16-10(2)13-5,17-11(3)14-6)18-12(4)15-7/h10-12H,8-9H2,1-7H3. The number of rotatable bonds is 11. The van der Waals surface area contributed by atoms with Gasteiger partial charge in [0.15, 0.2) is 0 Å². The van der Waals surface area contributed by atoms with Crippen LogP contribution in [0, 0.1) is 0 Å². The maximum absolute atomic E-state index is 5.88. The number of hydrogen-bond donors (Lipinski definition) is 0. The molecule has 0 aromatic rings. The lowest BCUT2D eigenvalue weighted by Crippen LogP contribution is -2.52. The minimum atomic E-state index is -2.92. The Morgan fingerprint density at radius 1 is 0.737 bits per heavy atom. The summed E-state index contributed by atoms with van der Waals surface area (Å²) in [6, 6.07) is 0.669. The van der Waals surface area contributed by atoms with Crippen LogP contribution in [0.25, 0.3) is 0 Å². The van der Waals surface area contributed by atoms with Crippen molar-refractivity contribution in [2.75, 3.05) is 21.3 Å². The van der Waals surface area contributed by atoms with Gasteiger partial charge in [0, 0.05) is 27.4 Å². The zero-order valence-electron chi connectivity index (χ0n) is 13.1. The lowest BCUT2D eigenvalue weighted by Gasteiger charge is -2.35. The minimum Gasteiger partial charge on any atom is -0.357 e. The second kappa shape index (κ2) is 9.81. The molecule has 0 N–H and O–H groups in total. The molecular formula is C12H28O6Si. The predicted octanol–water partition coefficient (Wildman–Crippen LogP) is 2.36. The van der Waals surface area contributed by atoms with E-state index in [0.29, 0.717) is 6.04 Å². The molecule has 0 amide bonds. The largest absolute Gasteiger partial charge is 0.506 e. The molecule has 0 heterocycles. The number of ether oxygens (including phenoxy) is 3. The molecular weight excluding hydrogens is 268 g/mol. The van der Waals surface area contributed by atoms with Gasteiger partial charge in [0.2, 0.25) is 0 Å². The van der Waals surface area contributed by atoms with Crippen LogP contribution in [0.1, 0.15) is 34.1 Å². The lowest BCUT2D eigenvalue weighted by molar-refractivity contribution is -0.163. The van der Waals surface area contributed by atoms with Gasteiger partial charge in [-0.2, -0.15) is 0 Å². The Bertz CT molecular complexity index is 197. The highest BCUT2D eigenvalue weighted by Gasteiger charge is 2.45. The van der Waals surface area contributed by atoms with E-state index in [1.807, 2.05) is 6.92 Å². The summed E-state index contributed by atoms with van der Waals surface area (Å²) in [6.45, 7) is 7.46. The monoisotopic (exact) mass is 296 g/mol. The molecule has 116 valence electrons. The first-order valence-electron chi connectivity index (χ1n) is 6.54. The van der Waals surface area contributed by atoms with Crippen molar-refractivity contribution in [2.24, 2.45) is 0 Å². The van der Waals surface area contributed by atoms with E-state index < -0.39 is 27.7 Å². The van der Waals surface area contributed by atoms with Crippen molar-refractivity contribution in [1.82, 2.24) is 0 Å². The van der Waals surface area contributed by atoms with Crippen molar-refractivity contribution < 1.29 is 27.5 Å². The highest BCUT2D eigenvalue weighted by atomic mass is 28.4. The Morgan fingerprint density at radius 3 is 1.26 bits per heavy atom. The van der Waals surface area contributed by atoms with E-state index in [-0.39, 0.29) is 0 Å². The summed E-state index contributed by atoms with van der Waals surface area (Å²) < 4.78 is 33.1. The Balaban J connectivity index is 4.96. The van der Waals surface area contributed by atoms with Crippen LogP contribution < -0.4 is 0 Å². The highest BCUT2D eigenvalue weighted by Crippen LogP contribution is 2.24. The third kappa shape index (κ3) is 7.36. The van der Waals surface area contributed by atoms with Crippen LogP contribution in [0.3, 0.4) is 0 Å². The second-order valence-corrected chi connectivity index (χ2v) is 6.77. The lowest BCUT2D eigenvalue weighted by atomic mass is 10.6. The van der Waals surface area contributed by atoms with E-state index >= 15 is 0 Å². The van der Waals surface area contributed by atoms with Gasteiger partial charge in [0.1, 0.15) is 18.9 Å². The average molecular weight is 296 g/mol. The molecule has 0 fully saturated rings. The molecule has 0 aliphatic rings. The van der Waals surface area contributed by atoms with Gasteiger partial charge in [-0.25, -0.2) is 0 Å². The fraction of sp³-hybridized carbons (Fsp3) is 1.00. The first-order chi connectivity index (χ1) is 8.92. The summed E-state index contributed by atoms with van der Waals surface area (Å²) in [7, 11) is 1.81. The van der Waals surface area contributed by atoms with Gasteiger partial charge in [-0.05, 0) is 20.8 Å². The Kier molecular flexibility index (Phi) is 9.80. The van der Waals surface area contributed by atoms with Crippen molar-refractivity contribution in [1.29, 1.82) is 0 Å². The molecule has 6 nitrogen and oxygen atoms in total. The zero-order valence-corrected chi connectivity index (χ0v) is 14.1. The topological polar surface area (TPSA) is 55.4 Å².